The molecule has 0 aromatic heterocycles. The first-order valence-corrected chi connectivity index (χ1v) is 7.42. The van der Waals surface area contributed by atoms with Gasteiger partial charge in [0, 0.05) is 11.3 Å². The summed E-state index contributed by atoms with van der Waals surface area (Å²) < 4.78 is 0. The lowest BCUT2D eigenvalue weighted by Gasteiger charge is -2.35. The van der Waals surface area contributed by atoms with Crippen molar-refractivity contribution in [1.82, 2.24) is 5.32 Å². The van der Waals surface area contributed by atoms with Gasteiger partial charge in [-0.15, -0.1) is 0 Å². The van der Waals surface area contributed by atoms with Gasteiger partial charge < -0.3 is 5.32 Å². The van der Waals surface area contributed by atoms with Gasteiger partial charge in [-0.2, -0.15) is 0 Å². The summed E-state index contributed by atoms with van der Waals surface area (Å²) >= 11 is 1.88. The van der Waals surface area contributed by atoms with Crippen LogP contribution in [-0.4, -0.2) is 22.5 Å². The van der Waals surface area contributed by atoms with E-state index in [0.717, 1.165) is 11.1 Å². The molecule has 1 fully saturated rings. The highest BCUT2D eigenvalue weighted by atomic mass is 32.2. The van der Waals surface area contributed by atoms with Gasteiger partial charge in [-0.1, -0.05) is 32.5 Å². The van der Waals surface area contributed by atoms with Crippen LogP contribution in [0.25, 0.3) is 0 Å². The van der Waals surface area contributed by atoms with Crippen molar-refractivity contribution in [2.75, 3.05) is 5.75 Å². The van der Waals surface area contributed by atoms with Gasteiger partial charge in [0.25, 0.3) is 0 Å². The summed E-state index contributed by atoms with van der Waals surface area (Å²) in [5, 5.41) is 4.75. The maximum Gasteiger partial charge on any atom is 0.157 e. The molecule has 3 heteroatoms. The molecule has 2 atom stereocenters. The van der Waals surface area contributed by atoms with E-state index in [0.29, 0.717) is 6.04 Å². The summed E-state index contributed by atoms with van der Waals surface area (Å²) in [7, 11) is 0. The van der Waals surface area contributed by atoms with Crippen molar-refractivity contribution < 1.29 is 0 Å². The fraction of sp³-hybridized carbons (Fsp3) is 0.923. The van der Waals surface area contributed by atoms with E-state index in [9.17, 15) is 0 Å². The molecule has 1 N–H and O–H groups in total. The predicted octanol–water partition coefficient (Wildman–Crippen LogP) is 3.67. The van der Waals surface area contributed by atoms with E-state index in [1.165, 1.54) is 25.0 Å². The minimum atomic E-state index is 0.266. The Balaban J connectivity index is 2.56. The minimum absolute atomic E-state index is 0.266. The van der Waals surface area contributed by atoms with Crippen LogP contribution in [0.1, 0.15) is 53.9 Å². The molecule has 1 rings (SSSR count). The average Bonchev–Trinajstić information content (AvgIpc) is 2.16. The second-order valence-electron chi connectivity index (χ2n) is 5.55. The fourth-order valence-corrected chi connectivity index (χ4v) is 3.32. The molecule has 0 aromatic carbocycles. The normalized spacial score (nSPS) is 30.5. The Morgan fingerprint density at radius 3 is 2.69 bits per heavy atom. The summed E-state index contributed by atoms with van der Waals surface area (Å²) in [6.45, 7) is 11.3. The molecule has 94 valence electrons. The summed E-state index contributed by atoms with van der Waals surface area (Å²) in [6.07, 6.45) is 3.59. The van der Waals surface area contributed by atoms with Crippen molar-refractivity contribution in [3.63, 3.8) is 0 Å². The largest absolute Gasteiger partial charge is 0.360 e. The maximum absolute atomic E-state index is 4.79. The van der Waals surface area contributed by atoms with Crippen molar-refractivity contribution in [3.8, 4) is 0 Å². The van der Waals surface area contributed by atoms with Crippen molar-refractivity contribution in [3.05, 3.63) is 0 Å². The maximum atomic E-state index is 4.79. The van der Waals surface area contributed by atoms with E-state index in [-0.39, 0.29) is 5.54 Å². The van der Waals surface area contributed by atoms with Gasteiger partial charge >= 0.3 is 0 Å². The number of hydrogen-bond donors (Lipinski definition) is 1. The van der Waals surface area contributed by atoms with E-state index < -0.39 is 0 Å². The average molecular weight is 242 g/mol. The van der Waals surface area contributed by atoms with Crippen LogP contribution >= 0.6 is 11.8 Å². The van der Waals surface area contributed by atoms with Crippen LogP contribution < -0.4 is 5.32 Å². The SMILES string of the molecule is CCC1(C)CCSC(=NC(C)CC(C)C)N1. The van der Waals surface area contributed by atoms with Gasteiger partial charge in [0.15, 0.2) is 5.17 Å². The van der Waals surface area contributed by atoms with E-state index in [2.05, 4.69) is 39.9 Å². The van der Waals surface area contributed by atoms with Crippen molar-refractivity contribution in [2.45, 2.75) is 65.5 Å². The van der Waals surface area contributed by atoms with Gasteiger partial charge in [0.05, 0.1) is 6.04 Å². The Labute approximate surface area is 105 Å². The van der Waals surface area contributed by atoms with Crippen LogP contribution in [-0.2, 0) is 0 Å². The number of nitrogens with zero attached hydrogens (tertiary/aromatic N) is 1. The highest BCUT2D eigenvalue weighted by molar-refractivity contribution is 8.13. The third-order valence-corrected chi connectivity index (χ3v) is 4.12. The molecule has 1 aliphatic heterocycles. The predicted molar refractivity (Wildman–Crippen MR) is 75.3 cm³/mol. The lowest BCUT2D eigenvalue weighted by atomic mass is 9.96. The molecule has 0 aromatic rings. The summed E-state index contributed by atoms with van der Waals surface area (Å²) in [5.74, 6) is 1.93. The number of aliphatic imine (C=N–C) groups is 1. The van der Waals surface area contributed by atoms with Gasteiger partial charge in [0.1, 0.15) is 0 Å². The quantitative estimate of drug-likeness (QED) is 0.813. The topological polar surface area (TPSA) is 24.4 Å². The molecule has 2 unspecified atom stereocenters. The molecule has 0 spiro atoms. The second-order valence-corrected chi connectivity index (χ2v) is 6.63. The number of hydrogen-bond acceptors (Lipinski definition) is 2. The Hall–Kier alpha value is -0.180. The fourth-order valence-electron chi connectivity index (χ4n) is 2.00. The molecule has 0 saturated carbocycles. The smallest absolute Gasteiger partial charge is 0.157 e. The monoisotopic (exact) mass is 242 g/mol. The van der Waals surface area contributed by atoms with Gasteiger partial charge in [-0.3, -0.25) is 4.99 Å². The van der Waals surface area contributed by atoms with Crippen LogP contribution in [0.15, 0.2) is 4.99 Å². The number of thioether (sulfide) groups is 1. The molecule has 1 saturated heterocycles. The summed E-state index contributed by atoms with van der Waals surface area (Å²) in [6, 6.07) is 0.439. The summed E-state index contributed by atoms with van der Waals surface area (Å²) in [4.78, 5) is 4.79. The van der Waals surface area contributed by atoms with E-state index in [1.54, 1.807) is 0 Å². The number of rotatable bonds is 4. The number of nitrogens with one attached hydrogen (secondary N) is 1. The molecule has 2 nitrogen and oxygen atoms in total. The highest BCUT2D eigenvalue weighted by Gasteiger charge is 2.27. The highest BCUT2D eigenvalue weighted by Crippen LogP contribution is 2.25. The molecular formula is C13H26N2S. The van der Waals surface area contributed by atoms with Crippen molar-refractivity contribution in [2.24, 2.45) is 10.9 Å². The standard InChI is InChI=1S/C13H26N2S/c1-6-13(5)7-8-16-12(15-13)14-11(4)9-10(2)3/h10-11H,6-9H2,1-5H3,(H,14,15). The molecule has 1 heterocycles. The number of amidine groups is 1. The Bertz CT molecular complexity index is 250. The Morgan fingerprint density at radius 2 is 2.12 bits per heavy atom. The van der Waals surface area contributed by atoms with E-state index in [1.807, 2.05) is 11.8 Å². The van der Waals surface area contributed by atoms with Crippen LogP contribution in [0.2, 0.25) is 0 Å². The molecule has 0 radical (unpaired) electrons. The first-order valence-electron chi connectivity index (χ1n) is 6.44. The van der Waals surface area contributed by atoms with Crippen molar-refractivity contribution in [1.29, 1.82) is 0 Å². The van der Waals surface area contributed by atoms with E-state index in [4.69, 9.17) is 4.99 Å². The lowest BCUT2D eigenvalue weighted by molar-refractivity contribution is 0.388. The third-order valence-electron chi connectivity index (χ3n) is 3.23. The molecule has 0 bridgehead atoms. The van der Waals surface area contributed by atoms with Gasteiger partial charge in [0.2, 0.25) is 0 Å². The van der Waals surface area contributed by atoms with Crippen molar-refractivity contribution >= 4 is 16.9 Å². The van der Waals surface area contributed by atoms with Gasteiger partial charge in [-0.05, 0) is 39.0 Å². The zero-order chi connectivity index (χ0) is 12.2. The zero-order valence-corrected chi connectivity index (χ0v) is 12.2. The lowest BCUT2D eigenvalue weighted by Crippen LogP contribution is -2.48. The molecule has 1 aliphatic rings. The van der Waals surface area contributed by atoms with Crippen LogP contribution in [0.5, 0.6) is 0 Å². The first-order chi connectivity index (χ1) is 7.45. The van der Waals surface area contributed by atoms with Crippen LogP contribution in [0, 0.1) is 5.92 Å². The van der Waals surface area contributed by atoms with Crippen LogP contribution in [0.3, 0.4) is 0 Å². The molecule has 16 heavy (non-hydrogen) atoms. The molecular weight excluding hydrogens is 216 g/mol. The Kier molecular flexibility index (Phi) is 5.16. The first kappa shape index (κ1) is 13.9. The second kappa shape index (κ2) is 5.95. The van der Waals surface area contributed by atoms with E-state index >= 15 is 0 Å². The Morgan fingerprint density at radius 1 is 1.44 bits per heavy atom. The van der Waals surface area contributed by atoms with Crippen LogP contribution in [0.4, 0.5) is 0 Å². The minimum Gasteiger partial charge on any atom is -0.360 e. The third kappa shape index (κ3) is 4.36. The zero-order valence-electron chi connectivity index (χ0n) is 11.3. The summed E-state index contributed by atoms with van der Waals surface area (Å²) in [5.41, 5.74) is 0.266. The molecule has 0 aliphatic carbocycles. The van der Waals surface area contributed by atoms with Gasteiger partial charge in [-0.25, -0.2) is 0 Å². The molecule has 0 amide bonds.